The lowest BCUT2D eigenvalue weighted by atomic mass is 10.1. The summed E-state index contributed by atoms with van der Waals surface area (Å²) in [5.74, 6) is -0.00367. The molecule has 0 saturated heterocycles. The Balaban J connectivity index is 1.82. The summed E-state index contributed by atoms with van der Waals surface area (Å²) < 4.78 is 1.73. The van der Waals surface area contributed by atoms with Crippen molar-refractivity contribution in [1.82, 2.24) is 14.7 Å². The van der Waals surface area contributed by atoms with E-state index in [9.17, 15) is 4.79 Å². The van der Waals surface area contributed by atoms with E-state index in [1.54, 1.807) is 17.1 Å². The molecule has 0 aliphatic carbocycles. The van der Waals surface area contributed by atoms with Crippen LogP contribution >= 0.6 is 0 Å². The maximum absolute atomic E-state index is 12.9. The Morgan fingerprint density at radius 3 is 2.29 bits per heavy atom. The van der Waals surface area contributed by atoms with Crippen molar-refractivity contribution in [2.75, 3.05) is 0 Å². The lowest BCUT2D eigenvalue weighted by Crippen LogP contribution is -2.36. The van der Waals surface area contributed by atoms with Gasteiger partial charge in [0.05, 0.1) is 17.4 Å². The number of hydrogen-bond donors (Lipinski definition) is 0. The predicted molar refractivity (Wildman–Crippen MR) is 95.0 cm³/mol. The van der Waals surface area contributed by atoms with Crippen LogP contribution in [0.25, 0.3) is 5.69 Å². The molecule has 0 radical (unpaired) electrons. The van der Waals surface area contributed by atoms with Gasteiger partial charge in [-0.15, -0.1) is 0 Å². The molecule has 1 amide bonds. The van der Waals surface area contributed by atoms with Gasteiger partial charge in [0, 0.05) is 18.8 Å². The summed E-state index contributed by atoms with van der Waals surface area (Å²) in [6.07, 6.45) is 3.42. The number of para-hydroxylation sites is 1. The summed E-state index contributed by atoms with van der Waals surface area (Å²) in [5.41, 5.74) is 2.66. The van der Waals surface area contributed by atoms with Crippen molar-refractivity contribution in [3.63, 3.8) is 0 Å². The third-order valence-corrected chi connectivity index (χ3v) is 3.93. The average molecular weight is 319 g/mol. The van der Waals surface area contributed by atoms with E-state index in [1.165, 1.54) is 0 Å². The van der Waals surface area contributed by atoms with E-state index < -0.39 is 0 Å². The molecule has 0 unspecified atom stereocenters. The van der Waals surface area contributed by atoms with Gasteiger partial charge >= 0.3 is 0 Å². The fraction of sp³-hybridized carbons (Fsp3) is 0.200. The van der Waals surface area contributed by atoms with Crippen molar-refractivity contribution in [2.24, 2.45) is 0 Å². The number of carbonyl (C=O) groups excluding carboxylic acids is 1. The smallest absolute Gasteiger partial charge is 0.257 e. The molecule has 1 heterocycles. The van der Waals surface area contributed by atoms with Crippen LogP contribution in [0.15, 0.2) is 73.1 Å². The van der Waals surface area contributed by atoms with Crippen molar-refractivity contribution in [2.45, 2.75) is 26.4 Å². The predicted octanol–water partition coefficient (Wildman–Crippen LogP) is 3.92. The molecule has 0 aliphatic heterocycles. The molecule has 4 nitrogen and oxygen atoms in total. The monoisotopic (exact) mass is 319 g/mol. The van der Waals surface area contributed by atoms with Crippen LogP contribution in [0.4, 0.5) is 0 Å². The molecule has 1 aromatic heterocycles. The zero-order valence-corrected chi connectivity index (χ0v) is 14.0. The number of aromatic nitrogens is 2. The number of nitrogens with zero attached hydrogens (tertiary/aromatic N) is 3. The Morgan fingerprint density at radius 1 is 1.04 bits per heavy atom. The van der Waals surface area contributed by atoms with Crippen molar-refractivity contribution in [1.29, 1.82) is 0 Å². The number of benzene rings is 2. The number of amides is 1. The van der Waals surface area contributed by atoms with Gasteiger partial charge in [0.25, 0.3) is 5.91 Å². The highest BCUT2D eigenvalue weighted by Gasteiger charge is 2.20. The molecule has 122 valence electrons. The van der Waals surface area contributed by atoms with Crippen molar-refractivity contribution in [3.8, 4) is 5.69 Å². The summed E-state index contributed by atoms with van der Waals surface area (Å²) in [5, 5.41) is 4.33. The van der Waals surface area contributed by atoms with Crippen LogP contribution in [0.1, 0.15) is 29.8 Å². The number of carbonyl (C=O) groups is 1. The first kappa shape index (κ1) is 16.0. The number of hydrogen-bond acceptors (Lipinski definition) is 2. The molecule has 24 heavy (non-hydrogen) atoms. The van der Waals surface area contributed by atoms with Gasteiger partial charge in [-0.1, -0.05) is 48.5 Å². The van der Waals surface area contributed by atoms with Gasteiger partial charge in [0.2, 0.25) is 0 Å². The van der Waals surface area contributed by atoms with Gasteiger partial charge in [-0.3, -0.25) is 4.79 Å². The molecule has 0 N–H and O–H groups in total. The van der Waals surface area contributed by atoms with Crippen LogP contribution < -0.4 is 0 Å². The first-order valence-electron chi connectivity index (χ1n) is 8.10. The van der Waals surface area contributed by atoms with E-state index in [-0.39, 0.29) is 11.9 Å². The highest BCUT2D eigenvalue weighted by molar-refractivity contribution is 5.94. The molecular formula is C20H21N3O. The zero-order chi connectivity index (χ0) is 16.9. The standard InChI is InChI=1S/C20H21N3O/c1-16(2)22(14-17-9-5-3-6-10-17)20(24)18-13-21-23(15-18)19-11-7-4-8-12-19/h3-13,15-16H,14H2,1-2H3. The van der Waals surface area contributed by atoms with E-state index in [1.807, 2.05) is 79.4 Å². The molecular weight excluding hydrogens is 298 g/mol. The molecule has 0 bridgehead atoms. The molecule has 4 heteroatoms. The summed E-state index contributed by atoms with van der Waals surface area (Å²) in [6.45, 7) is 4.65. The maximum atomic E-state index is 12.9. The van der Waals surface area contributed by atoms with E-state index in [0.29, 0.717) is 12.1 Å². The summed E-state index contributed by atoms with van der Waals surface area (Å²) in [4.78, 5) is 14.8. The van der Waals surface area contributed by atoms with Crippen LogP contribution in [0.5, 0.6) is 0 Å². The van der Waals surface area contributed by atoms with Crippen molar-refractivity contribution >= 4 is 5.91 Å². The fourth-order valence-corrected chi connectivity index (χ4v) is 2.59. The third kappa shape index (κ3) is 3.54. The van der Waals surface area contributed by atoms with Gasteiger partial charge in [-0.05, 0) is 31.5 Å². The van der Waals surface area contributed by atoms with Crippen molar-refractivity contribution in [3.05, 3.63) is 84.2 Å². The van der Waals surface area contributed by atoms with Crippen LogP contribution in [-0.4, -0.2) is 26.6 Å². The minimum absolute atomic E-state index is 0.00367. The van der Waals surface area contributed by atoms with Crippen LogP contribution in [0, 0.1) is 0 Å². The second-order valence-electron chi connectivity index (χ2n) is 6.02. The number of rotatable bonds is 5. The molecule has 3 aromatic rings. The van der Waals surface area contributed by atoms with E-state index in [2.05, 4.69) is 5.10 Å². The minimum atomic E-state index is -0.00367. The Kier molecular flexibility index (Phi) is 4.75. The van der Waals surface area contributed by atoms with Crippen LogP contribution in [0.3, 0.4) is 0 Å². The van der Waals surface area contributed by atoms with Gasteiger partial charge in [-0.25, -0.2) is 4.68 Å². The van der Waals surface area contributed by atoms with E-state index in [0.717, 1.165) is 11.3 Å². The van der Waals surface area contributed by atoms with E-state index >= 15 is 0 Å². The van der Waals surface area contributed by atoms with E-state index in [4.69, 9.17) is 0 Å². The molecule has 0 saturated carbocycles. The van der Waals surface area contributed by atoms with Gasteiger partial charge < -0.3 is 4.90 Å². The molecule has 0 aliphatic rings. The largest absolute Gasteiger partial charge is 0.332 e. The molecule has 3 rings (SSSR count). The molecule has 2 aromatic carbocycles. The first-order chi connectivity index (χ1) is 11.6. The molecule has 0 fully saturated rings. The Bertz CT molecular complexity index is 794. The normalized spacial score (nSPS) is 10.8. The van der Waals surface area contributed by atoms with Gasteiger partial charge in [-0.2, -0.15) is 5.10 Å². The van der Waals surface area contributed by atoms with Crippen LogP contribution in [0.2, 0.25) is 0 Å². The second-order valence-corrected chi connectivity index (χ2v) is 6.02. The summed E-state index contributed by atoms with van der Waals surface area (Å²) in [6, 6.07) is 19.9. The summed E-state index contributed by atoms with van der Waals surface area (Å²) in [7, 11) is 0. The highest BCUT2D eigenvalue weighted by atomic mass is 16.2. The lowest BCUT2D eigenvalue weighted by Gasteiger charge is -2.26. The summed E-state index contributed by atoms with van der Waals surface area (Å²) >= 11 is 0. The molecule has 0 spiro atoms. The molecule has 0 atom stereocenters. The Labute approximate surface area is 142 Å². The first-order valence-corrected chi connectivity index (χ1v) is 8.10. The maximum Gasteiger partial charge on any atom is 0.257 e. The Morgan fingerprint density at radius 2 is 1.67 bits per heavy atom. The van der Waals surface area contributed by atoms with Crippen LogP contribution in [-0.2, 0) is 6.54 Å². The Hall–Kier alpha value is -2.88. The second kappa shape index (κ2) is 7.13. The zero-order valence-electron chi connectivity index (χ0n) is 14.0. The third-order valence-electron chi connectivity index (χ3n) is 3.93. The quantitative estimate of drug-likeness (QED) is 0.715. The minimum Gasteiger partial charge on any atom is -0.332 e. The topological polar surface area (TPSA) is 38.1 Å². The average Bonchev–Trinajstić information content (AvgIpc) is 3.11. The fourth-order valence-electron chi connectivity index (χ4n) is 2.59. The van der Waals surface area contributed by atoms with Crippen molar-refractivity contribution < 1.29 is 4.79 Å². The SMILES string of the molecule is CC(C)N(Cc1ccccc1)C(=O)c1cnn(-c2ccccc2)c1. The lowest BCUT2D eigenvalue weighted by molar-refractivity contribution is 0.0690. The van der Waals surface area contributed by atoms with Gasteiger partial charge in [0.15, 0.2) is 0 Å². The highest BCUT2D eigenvalue weighted by Crippen LogP contribution is 2.14. The van der Waals surface area contributed by atoms with Gasteiger partial charge in [0.1, 0.15) is 0 Å².